The Bertz CT molecular complexity index is 1050. The molecule has 0 unspecified atom stereocenters. The van der Waals surface area contributed by atoms with Crippen molar-refractivity contribution in [2.75, 3.05) is 19.6 Å². The van der Waals surface area contributed by atoms with E-state index in [1.807, 2.05) is 48.4 Å². The van der Waals surface area contributed by atoms with Crippen LogP contribution in [0.25, 0.3) is 11.1 Å². The van der Waals surface area contributed by atoms with Gasteiger partial charge >= 0.3 is 0 Å². The Morgan fingerprint density at radius 2 is 1.88 bits per heavy atom. The summed E-state index contributed by atoms with van der Waals surface area (Å²) in [5.41, 5.74) is 3.37. The molecule has 3 aromatic rings. The predicted molar refractivity (Wildman–Crippen MR) is 124 cm³/mol. The number of nitrogens with one attached hydrogen (secondary N) is 1. The third kappa shape index (κ3) is 4.85. The van der Waals surface area contributed by atoms with Crippen LogP contribution in [0.5, 0.6) is 0 Å². The SMILES string of the molecule is CCNC(=O)[C@@]1(Cc2ccc(-c3cccnc3)cc2)CCN(C(=O)Cc2ccccn2)C1. The van der Waals surface area contributed by atoms with Crippen molar-refractivity contribution in [3.8, 4) is 11.1 Å². The first-order chi connectivity index (χ1) is 15.6. The van der Waals surface area contributed by atoms with Gasteiger partial charge in [-0.15, -0.1) is 0 Å². The molecule has 1 aromatic carbocycles. The van der Waals surface area contributed by atoms with Gasteiger partial charge in [0.05, 0.1) is 11.8 Å². The number of likely N-dealkylation sites (tertiary alicyclic amines) is 1. The lowest BCUT2D eigenvalue weighted by Crippen LogP contribution is -2.45. The zero-order valence-corrected chi connectivity index (χ0v) is 18.3. The molecule has 1 aliphatic heterocycles. The monoisotopic (exact) mass is 428 g/mol. The highest BCUT2D eigenvalue weighted by Gasteiger charge is 2.45. The van der Waals surface area contributed by atoms with Crippen LogP contribution in [-0.2, 0) is 22.4 Å². The van der Waals surface area contributed by atoms with Gasteiger partial charge in [0, 0.05) is 43.9 Å². The first-order valence-corrected chi connectivity index (χ1v) is 11.0. The van der Waals surface area contributed by atoms with Gasteiger partial charge in [0.2, 0.25) is 11.8 Å². The highest BCUT2D eigenvalue weighted by molar-refractivity contribution is 5.86. The Labute approximate surface area is 188 Å². The van der Waals surface area contributed by atoms with Crippen molar-refractivity contribution in [1.29, 1.82) is 0 Å². The summed E-state index contributed by atoms with van der Waals surface area (Å²) in [4.78, 5) is 36.3. The predicted octanol–water partition coefficient (Wildman–Crippen LogP) is 3.28. The smallest absolute Gasteiger partial charge is 0.228 e. The molecule has 4 rings (SSSR count). The van der Waals surface area contributed by atoms with Crippen molar-refractivity contribution in [3.05, 3.63) is 84.4 Å². The summed E-state index contributed by atoms with van der Waals surface area (Å²) in [7, 11) is 0. The van der Waals surface area contributed by atoms with Crippen LogP contribution in [0.4, 0.5) is 0 Å². The number of carbonyl (C=O) groups excluding carboxylic acids is 2. The molecule has 0 aliphatic carbocycles. The van der Waals surface area contributed by atoms with Gasteiger partial charge in [-0.05, 0) is 54.7 Å². The minimum Gasteiger partial charge on any atom is -0.356 e. The van der Waals surface area contributed by atoms with Gasteiger partial charge in [0.1, 0.15) is 0 Å². The van der Waals surface area contributed by atoms with E-state index < -0.39 is 5.41 Å². The van der Waals surface area contributed by atoms with E-state index in [0.717, 1.165) is 22.4 Å². The Morgan fingerprint density at radius 3 is 2.56 bits per heavy atom. The van der Waals surface area contributed by atoms with E-state index in [-0.39, 0.29) is 18.2 Å². The van der Waals surface area contributed by atoms with Crippen molar-refractivity contribution >= 4 is 11.8 Å². The molecular weight excluding hydrogens is 400 g/mol. The second-order valence-electron chi connectivity index (χ2n) is 8.32. The van der Waals surface area contributed by atoms with Gasteiger partial charge in [-0.2, -0.15) is 0 Å². The Hall–Kier alpha value is -3.54. The third-order valence-corrected chi connectivity index (χ3v) is 6.08. The molecule has 0 spiro atoms. The molecule has 1 atom stereocenters. The maximum atomic E-state index is 13.1. The molecule has 6 heteroatoms. The standard InChI is InChI=1S/C26H28N4O2/c1-2-28-25(32)26(12-15-30(19-26)24(31)16-23-7-3-4-14-29-23)17-20-8-10-21(11-9-20)22-6-5-13-27-18-22/h3-11,13-14,18H,2,12,15-17,19H2,1H3,(H,28,32)/t26-/m1/s1. The third-order valence-electron chi connectivity index (χ3n) is 6.08. The van der Waals surface area contributed by atoms with Crippen molar-refractivity contribution < 1.29 is 9.59 Å². The van der Waals surface area contributed by atoms with Crippen LogP contribution in [0.3, 0.4) is 0 Å². The van der Waals surface area contributed by atoms with Crippen LogP contribution >= 0.6 is 0 Å². The van der Waals surface area contributed by atoms with Gasteiger partial charge in [0.25, 0.3) is 0 Å². The molecule has 0 radical (unpaired) electrons. The summed E-state index contributed by atoms with van der Waals surface area (Å²) in [6.07, 6.45) is 6.80. The van der Waals surface area contributed by atoms with Crippen LogP contribution in [-0.4, -0.2) is 46.3 Å². The molecule has 0 bridgehead atoms. The van der Waals surface area contributed by atoms with Crippen molar-refractivity contribution in [2.45, 2.75) is 26.2 Å². The first kappa shape index (κ1) is 21.7. The molecule has 1 fully saturated rings. The van der Waals surface area contributed by atoms with Gasteiger partial charge in [-0.25, -0.2) is 0 Å². The number of nitrogens with zero attached hydrogens (tertiary/aromatic N) is 3. The number of carbonyl (C=O) groups is 2. The summed E-state index contributed by atoms with van der Waals surface area (Å²) in [6, 6.07) is 17.8. The molecule has 6 nitrogen and oxygen atoms in total. The maximum absolute atomic E-state index is 13.1. The molecule has 1 N–H and O–H groups in total. The summed E-state index contributed by atoms with van der Waals surface area (Å²) in [6.45, 7) is 3.50. The molecule has 1 saturated heterocycles. The molecule has 2 amide bonds. The van der Waals surface area contributed by atoms with E-state index in [1.54, 1.807) is 12.4 Å². The van der Waals surface area contributed by atoms with E-state index in [1.165, 1.54) is 0 Å². The number of rotatable bonds is 7. The lowest BCUT2D eigenvalue weighted by atomic mass is 9.79. The van der Waals surface area contributed by atoms with Crippen LogP contribution < -0.4 is 5.32 Å². The van der Waals surface area contributed by atoms with Gasteiger partial charge < -0.3 is 10.2 Å². The summed E-state index contributed by atoms with van der Waals surface area (Å²) in [5.74, 6) is 0.0336. The molecule has 1 aliphatic rings. The fraction of sp³-hybridized carbons (Fsp3) is 0.308. The molecular formula is C26H28N4O2. The van der Waals surface area contributed by atoms with Gasteiger partial charge in [-0.3, -0.25) is 19.6 Å². The van der Waals surface area contributed by atoms with Crippen molar-refractivity contribution in [1.82, 2.24) is 20.2 Å². The van der Waals surface area contributed by atoms with Gasteiger partial charge in [-0.1, -0.05) is 36.4 Å². The zero-order chi connectivity index (χ0) is 22.4. The molecule has 164 valence electrons. The lowest BCUT2D eigenvalue weighted by molar-refractivity contribution is -0.132. The minimum atomic E-state index is -0.619. The van der Waals surface area contributed by atoms with Crippen LogP contribution in [0.1, 0.15) is 24.6 Å². The van der Waals surface area contributed by atoms with Crippen LogP contribution in [0.15, 0.2) is 73.2 Å². The van der Waals surface area contributed by atoms with Crippen LogP contribution in [0.2, 0.25) is 0 Å². The van der Waals surface area contributed by atoms with E-state index in [0.29, 0.717) is 32.5 Å². The van der Waals surface area contributed by atoms with Gasteiger partial charge in [0.15, 0.2) is 0 Å². The number of pyridine rings is 2. The number of hydrogen-bond donors (Lipinski definition) is 1. The summed E-state index contributed by atoms with van der Waals surface area (Å²) < 4.78 is 0. The van der Waals surface area contributed by atoms with Crippen molar-refractivity contribution in [2.24, 2.45) is 5.41 Å². The Morgan fingerprint density at radius 1 is 1.03 bits per heavy atom. The average molecular weight is 429 g/mol. The topological polar surface area (TPSA) is 75.2 Å². The fourth-order valence-electron chi connectivity index (χ4n) is 4.35. The highest BCUT2D eigenvalue weighted by atomic mass is 16.2. The van der Waals surface area contributed by atoms with E-state index in [2.05, 4.69) is 39.6 Å². The fourth-order valence-corrected chi connectivity index (χ4v) is 4.35. The summed E-state index contributed by atoms with van der Waals surface area (Å²) in [5, 5.41) is 3.00. The average Bonchev–Trinajstić information content (AvgIpc) is 3.26. The van der Waals surface area contributed by atoms with E-state index >= 15 is 0 Å². The number of hydrogen-bond acceptors (Lipinski definition) is 4. The summed E-state index contributed by atoms with van der Waals surface area (Å²) >= 11 is 0. The Balaban J connectivity index is 1.50. The lowest BCUT2D eigenvalue weighted by Gasteiger charge is -2.28. The largest absolute Gasteiger partial charge is 0.356 e. The van der Waals surface area contributed by atoms with Crippen LogP contribution in [0, 0.1) is 5.41 Å². The maximum Gasteiger partial charge on any atom is 0.228 e. The Kier molecular flexibility index (Phi) is 6.59. The van der Waals surface area contributed by atoms with Crippen molar-refractivity contribution in [3.63, 3.8) is 0 Å². The minimum absolute atomic E-state index is 0.0156. The highest BCUT2D eigenvalue weighted by Crippen LogP contribution is 2.35. The molecule has 32 heavy (non-hydrogen) atoms. The second-order valence-corrected chi connectivity index (χ2v) is 8.32. The van der Waals surface area contributed by atoms with E-state index in [9.17, 15) is 9.59 Å². The number of aromatic nitrogens is 2. The molecule has 2 aromatic heterocycles. The molecule has 0 saturated carbocycles. The molecule has 3 heterocycles. The van der Waals surface area contributed by atoms with E-state index in [4.69, 9.17) is 0 Å². The number of amides is 2. The first-order valence-electron chi connectivity index (χ1n) is 11.0. The zero-order valence-electron chi connectivity index (χ0n) is 18.3. The normalized spacial score (nSPS) is 17.8. The quantitative estimate of drug-likeness (QED) is 0.627. The second kappa shape index (κ2) is 9.73. The number of benzene rings is 1.